The lowest BCUT2D eigenvalue weighted by Gasteiger charge is -2.37. The zero-order valence-corrected chi connectivity index (χ0v) is 16.0. The third-order valence-corrected chi connectivity index (χ3v) is 4.64. The van der Waals surface area contributed by atoms with E-state index >= 15 is 0 Å². The molecule has 146 valence electrons. The summed E-state index contributed by atoms with van der Waals surface area (Å²) >= 11 is 0. The molecule has 1 unspecified atom stereocenters. The van der Waals surface area contributed by atoms with E-state index < -0.39 is 6.10 Å². The van der Waals surface area contributed by atoms with Crippen LogP contribution in [-0.4, -0.2) is 62.3 Å². The number of aliphatic imine (C=N–C) groups is 1. The highest BCUT2D eigenvalue weighted by atomic mass is 16.5. The molecule has 1 atom stereocenters. The van der Waals surface area contributed by atoms with Gasteiger partial charge >= 0.3 is 0 Å². The van der Waals surface area contributed by atoms with E-state index in [1.54, 1.807) is 25.5 Å². The number of ether oxygens (including phenoxy) is 1. The summed E-state index contributed by atoms with van der Waals surface area (Å²) < 4.78 is 10.5. The van der Waals surface area contributed by atoms with Gasteiger partial charge in [0, 0.05) is 38.4 Å². The first-order valence-electron chi connectivity index (χ1n) is 9.35. The Balaban J connectivity index is 1.58. The van der Waals surface area contributed by atoms with E-state index in [-0.39, 0.29) is 6.54 Å². The summed E-state index contributed by atoms with van der Waals surface area (Å²) in [6.45, 7) is 6.67. The van der Waals surface area contributed by atoms with Crippen molar-refractivity contribution in [2.75, 3.05) is 51.3 Å². The van der Waals surface area contributed by atoms with Gasteiger partial charge in [0.25, 0.3) is 0 Å². The van der Waals surface area contributed by atoms with Crippen molar-refractivity contribution in [2.45, 2.75) is 13.0 Å². The SMILES string of the molecule is CCNC(=NCC(O)c1ccco1)N1CCN(c2ccc(OC)cc2)CC1. The quantitative estimate of drug-likeness (QED) is 0.598. The van der Waals surface area contributed by atoms with Crippen molar-refractivity contribution in [1.82, 2.24) is 10.2 Å². The average Bonchev–Trinajstić information content (AvgIpc) is 3.26. The summed E-state index contributed by atoms with van der Waals surface area (Å²) in [6, 6.07) is 11.7. The number of hydrogen-bond donors (Lipinski definition) is 2. The number of benzene rings is 1. The maximum Gasteiger partial charge on any atom is 0.194 e. The minimum absolute atomic E-state index is 0.272. The standard InChI is InChI=1S/C20H28N4O3/c1-3-21-20(22-15-18(25)19-5-4-14-27-19)24-12-10-23(11-13-24)16-6-8-17(26-2)9-7-16/h4-9,14,18,25H,3,10-13,15H2,1-2H3,(H,21,22). The van der Waals surface area contributed by atoms with Crippen molar-refractivity contribution in [3.05, 3.63) is 48.4 Å². The molecule has 7 nitrogen and oxygen atoms in total. The Kier molecular flexibility index (Phi) is 6.59. The van der Waals surface area contributed by atoms with E-state index in [2.05, 4.69) is 32.2 Å². The average molecular weight is 372 g/mol. The summed E-state index contributed by atoms with van der Waals surface area (Å²) in [5, 5.41) is 13.5. The molecule has 0 aliphatic carbocycles. The molecule has 1 aromatic carbocycles. The predicted octanol–water partition coefficient (Wildman–Crippen LogP) is 2.11. The van der Waals surface area contributed by atoms with E-state index in [0.717, 1.165) is 44.4 Å². The van der Waals surface area contributed by atoms with Crippen molar-refractivity contribution >= 4 is 11.6 Å². The van der Waals surface area contributed by atoms with Crippen LogP contribution in [0, 0.1) is 0 Å². The van der Waals surface area contributed by atoms with Crippen LogP contribution in [0.3, 0.4) is 0 Å². The lowest BCUT2D eigenvalue weighted by atomic mass is 10.2. The molecule has 1 saturated heterocycles. The molecule has 0 radical (unpaired) electrons. The van der Waals surface area contributed by atoms with Gasteiger partial charge in [-0.1, -0.05) is 0 Å². The number of aliphatic hydroxyl groups excluding tert-OH is 1. The summed E-state index contributed by atoms with van der Waals surface area (Å²) in [4.78, 5) is 9.19. The maximum atomic E-state index is 10.2. The van der Waals surface area contributed by atoms with E-state index in [4.69, 9.17) is 9.15 Å². The topological polar surface area (TPSA) is 73.5 Å². The van der Waals surface area contributed by atoms with Gasteiger partial charge in [-0.15, -0.1) is 0 Å². The highest BCUT2D eigenvalue weighted by molar-refractivity contribution is 5.80. The Morgan fingerprint density at radius 3 is 2.56 bits per heavy atom. The van der Waals surface area contributed by atoms with Crippen LogP contribution in [0.5, 0.6) is 5.75 Å². The number of nitrogens with one attached hydrogen (secondary N) is 1. The fourth-order valence-electron chi connectivity index (χ4n) is 3.14. The number of piperazine rings is 1. The highest BCUT2D eigenvalue weighted by Gasteiger charge is 2.20. The molecule has 0 amide bonds. The minimum Gasteiger partial charge on any atom is -0.497 e. The first kappa shape index (κ1) is 19.1. The third kappa shape index (κ3) is 4.95. The zero-order chi connectivity index (χ0) is 19.1. The monoisotopic (exact) mass is 372 g/mol. The second-order valence-corrected chi connectivity index (χ2v) is 6.40. The van der Waals surface area contributed by atoms with Crippen molar-refractivity contribution in [3.8, 4) is 5.75 Å². The zero-order valence-electron chi connectivity index (χ0n) is 16.0. The van der Waals surface area contributed by atoms with Crippen LogP contribution in [0.1, 0.15) is 18.8 Å². The van der Waals surface area contributed by atoms with Crippen molar-refractivity contribution in [3.63, 3.8) is 0 Å². The number of aliphatic hydroxyl groups is 1. The summed E-state index contributed by atoms with van der Waals surface area (Å²) in [6.07, 6.45) is 0.834. The number of hydrogen-bond acceptors (Lipinski definition) is 5. The maximum absolute atomic E-state index is 10.2. The lowest BCUT2D eigenvalue weighted by molar-refractivity contribution is 0.158. The lowest BCUT2D eigenvalue weighted by Crippen LogP contribution is -2.52. The van der Waals surface area contributed by atoms with E-state index in [1.165, 1.54) is 5.69 Å². The van der Waals surface area contributed by atoms with Gasteiger partial charge in [-0.3, -0.25) is 0 Å². The Bertz CT molecular complexity index is 707. The van der Waals surface area contributed by atoms with Crippen LogP contribution in [0.4, 0.5) is 5.69 Å². The van der Waals surface area contributed by atoms with Gasteiger partial charge in [-0.05, 0) is 43.3 Å². The molecule has 1 aromatic heterocycles. The number of rotatable bonds is 6. The van der Waals surface area contributed by atoms with Crippen molar-refractivity contribution in [1.29, 1.82) is 0 Å². The van der Waals surface area contributed by atoms with E-state index in [9.17, 15) is 5.11 Å². The molecule has 0 bridgehead atoms. The van der Waals surface area contributed by atoms with Gasteiger partial charge in [0.2, 0.25) is 0 Å². The predicted molar refractivity (Wildman–Crippen MR) is 106 cm³/mol. The van der Waals surface area contributed by atoms with Crippen LogP contribution in [-0.2, 0) is 0 Å². The van der Waals surface area contributed by atoms with Crippen LogP contribution < -0.4 is 15.0 Å². The Morgan fingerprint density at radius 1 is 1.22 bits per heavy atom. The molecule has 0 saturated carbocycles. The molecule has 27 heavy (non-hydrogen) atoms. The van der Waals surface area contributed by atoms with Gasteiger partial charge in [0.1, 0.15) is 17.6 Å². The normalized spacial score (nSPS) is 16.3. The number of nitrogens with zero attached hydrogens (tertiary/aromatic N) is 3. The first-order valence-corrected chi connectivity index (χ1v) is 9.35. The fraction of sp³-hybridized carbons (Fsp3) is 0.450. The third-order valence-electron chi connectivity index (χ3n) is 4.64. The van der Waals surface area contributed by atoms with Gasteiger partial charge in [-0.2, -0.15) is 0 Å². The van der Waals surface area contributed by atoms with Gasteiger partial charge in [0.05, 0.1) is 19.9 Å². The van der Waals surface area contributed by atoms with Crippen LogP contribution >= 0.6 is 0 Å². The molecule has 2 heterocycles. The molecule has 1 aliphatic rings. The van der Waals surface area contributed by atoms with Crippen LogP contribution in [0.2, 0.25) is 0 Å². The Hall–Kier alpha value is -2.67. The number of anilines is 1. The number of guanidine groups is 1. The molecule has 3 rings (SSSR count). The Morgan fingerprint density at radius 2 is 1.96 bits per heavy atom. The smallest absolute Gasteiger partial charge is 0.194 e. The van der Waals surface area contributed by atoms with Gasteiger partial charge in [-0.25, -0.2) is 4.99 Å². The van der Waals surface area contributed by atoms with E-state index in [1.807, 2.05) is 19.1 Å². The fourth-order valence-corrected chi connectivity index (χ4v) is 3.14. The van der Waals surface area contributed by atoms with Crippen molar-refractivity contribution < 1.29 is 14.3 Å². The van der Waals surface area contributed by atoms with Crippen LogP contribution in [0.25, 0.3) is 0 Å². The molecular formula is C20H28N4O3. The molecule has 1 fully saturated rings. The van der Waals surface area contributed by atoms with Crippen molar-refractivity contribution in [2.24, 2.45) is 4.99 Å². The minimum atomic E-state index is -0.728. The summed E-state index contributed by atoms with van der Waals surface area (Å²) in [5.41, 5.74) is 1.20. The first-order chi connectivity index (χ1) is 13.2. The molecule has 7 heteroatoms. The number of methoxy groups -OCH3 is 1. The second kappa shape index (κ2) is 9.32. The molecule has 2 N–H and O–H groups in total. The van der Waals surface area contributed by atoms with Crippen LogP contribution in [0.15, 0.2) is 52.1 Å². The molecule has 1 aliphatic heterocycles. The summed E-state index contributed by atoms with van der Waals surface area (Å²) in [5.74, 6) is 2.24. The highest BCUT2D eigenvalue weighted by Crippen LogP contribution is 2.20. The van der Waals surface area contributed by atoms with Gasteiger partial charge < -0.3 is 29.4 Å². The van der Waals surface area contributed by atoms with Gasteiger partial charge in [0.15, 0.2) is 5.96 Å². The Labute approximate surface area is 160 Å². The second-order valence-electron chi connectivity index (χ2n) is 6.40. The molecule has 2 aromatic rings. The van der Waals surface area contributed by atoms with E-state index in [0.29, 0.717) is 5.76 Å². The summed E-state index contributed by atoms with van der Waals surface area (Å²) in [7, 11) is 1.68. The largest absolute Gasteiger partial charge is 0.497 e. The molecule has 0 spiro atoms. The molecular weight excluding hydrogens is 344 g/mol. The number of furan rings is 1.